The lowest BCUT2D eigenvalue weighted by molar-refractivity contribution is -0.136. The van der Waals surface area contributed by atoms with Crippen LogP contribution in [0.3, 0.4) is 0 Å². The highest BCUT2D eigenvalue weighted by molar-refractivity contribution is 8.00. The molecule has 138 valence electrons. The molecule has 0 N–H and O–H groups in total. The number of likely N-dealkylation sites (tertiary alicyclic amines) is 1. The Bertz CT molecular complexity index is 771. The maximum atomic E-state index is 12.9. The molecule has 0 bridgehead atoms. The first-order chi connectivity index (χ1) is 12.5. The van der Waals surface area contributed by atoms with E-state index in [9.17, 15) is 14.4 Å². The number of carbonyl (C=O) groups excluding carboxylic acids is 3. The fraction of sp³-hybridized carbons (Fsp3) is 0.500. The fourth-order valence-corrected chi connectivity index (χ4v) is 4.81. The Labute approximate surface area is 156 Å². The van der Waals surface area contributed by atoms with Crippen LogP contribution in [0.25, 0.3) is 0 Å². The van der Waals surface area contributed by atoms with Crippen molar-refractivity contribution in [2.75, 3.05) is 43.9 Å². The minimum absolute atomic E-state index is 0.0241. The molecule has 3 heterocycles. The van der Waals surface area contributed by atoms with E-state index in [0.717, 1.165) is 23.4 Å². The quantitative estimate of drug-likeness (QED) is 0.785. The van der Waals surface area contributed by atoms with Crippen molar-refractivity contribution in [3.8, 4) is 0 Å². The number of benzene rings is 1. The van der Waals surface area contributed by atoms with Crippen LogP contribution < -0.4 is 4.90 Å². The molecule has 0 radical (unpaired) electrons. The maximum Gasteiger partial charge on any atom is 0.410 e. The van der Waals surface area contributed by atoms with E-state index in [1.165, 1.54) is 11.8 Å². The number of nitrogens with zero attached hydrogens (tertiary/aromatic N) is 3. The van der Waals surface area contributed by atoms with Crippen LogP contribution in [0, 0.1) is 0 Å². The summed E-state index contributed by atoms with van der Waals surface area (Å²) in [6.45, 7) is 1.54. The molecule has 4 rings (SSSR count). The highest BCUT2D eigenvalue weighted by Crippen LogP contribution is 2.35. The number of rotatable bonds is 2. The molecule has 8 heteroatoms. The molecule has 0 aromatic heterocycles. The maximum absolute atomic E-state index is 12.9. The van der Waals surface area contributed by atoms with Crippen LogP contribution in [0.5, 0.6) is 0 Å². The van der Waals surface area contributed by atoms with E-state index in [2.05, 4.69) is 0 Å². The zero-order valence-electron chi connectivity index (χ0n) is 14.6. The van der Waals surface area contributed by atoms with Gasteiger partial charge in [-0.3, -0.25) is 9.59 Å². The Morgan fingerprint density at radius 3 is 2.85 bits per heavy atom. The molecule has 1 atom stereocenters. The molecule has 1 spiro atoms. The summed E-state index contributed by atoms with van der Waals surface area (Å²) in [6, 6.07) is 7.64. The Morgan fingerprint density at radius 1 is 1.27 bits per heavy atom. The molecule has 0 aliphatic carbocycles. The summed E-state index contributed by atoms with van der Waals surface area (Å²) >= 11 is 1.50. The van der Waals surface area contributed by atoms with Crippen molar-refractivity contribution in [2.24, 2.45) is 0 Å². The number of para-hydroxylation sites is 1. The molecule has 3 aliphatic heterocycles. The molecule has 0 saturated carbocycles. The van der Waals surface area contributed by atoms with Gasteiger partial charge in [-0.2, -0.15) is 0 Å². The molecule has 1 aromatic carbocycles. The van der Waals surface area contributed by atoms with Gasteiger partial charge in [0.05, 0.1) is 24.5 Å². The highest BCUT2D eigenvalue weighted by atomic mass is 32.2. The molecular weight excluding hydrogens is 354 g/mol. The van der Waals surface area contributed by atoms with Crippen molar-refractivity contribution < 1.29 is 19.1 Å². The number of ether oxygens (including phenoxy) is 1. The second-order valence-electron chi connectivity index (χ2n) is 7.06. The number of amides is 3. The minimum Gasteiger partial charge on any atom is -0.439 e. The summed E-state index contributed by atoms with van der Waals surface area (Å²) in [5.74, 6) is 0.182. The number of thioether (sulfide) groups is 1. The van der Waals surface area contributed by atoms with Crippen molar-refractivity contribution >= 4 is 35.4 Å². The lowest BCUT2D eigenvalue weighted by Crippen LogP contribution is -2.55. The third kappa shape index (κ3) is 3.02. The van der Waals surface area contributed by atoms with Crippen LogP contribution in [-0.2, 0) is 14.3 Å². The van der Waals surface area contributed by atoms with Gasteiger partial charge in [-0.15, -0.1) is 11.8 Å². The zero-order valence-corrected chi connectivity index (χ0v) is 15.5. The van der Waals surface area contributed by atoms with E-state index in [0.29, 0.717) is 25.4 Å². The zero-order chi connectivity index (χ0) is 18.3. The van der Waals surface area contributed by atoms with Crippen LogP contribution in [-0.4, -0.2) is 72.3 Å². The van der Waals surface area contributed by atoms with Crippen molar-refractivity contribution in [1.29, 1.82) is 0 Å². The molecule has 2 saturated heterocycles. The topological polar surface area (TPSA) is 70.2 Å². The van der Waals surface area contributed by atoms with Gasteiger partial charge in [-0.05, 0) is 25.0 Å². The van der Waals surface area contributed by atoms with Crippen LogP contribution in [0.2, 0.25) is 0 Å². The number of hydrogen-bond acceptors (Lipinski definition) is 5. The lowest BCUT2D eigenvalue weighted by atomic mass is 9.92. The van der Waals surface area contributed by atoms with E-state index < -0.39 is 5.60 Å². The second kappa shape index (κ2) is 6.50. The van der Waals surface area contributed by atoms with Gasteiger partial charge in [0.15, 0.2) is 0 Å². The van der Waals surface area contributed by atoms with Gasteiger partial charge >= 0.3 is 6.09 Å². The Hall–Kier alpha value is -2.22. The van der Waals surface area contributed by atoms with Crippen molar-refractivity contribution in [2.45, 2.75) is 23.3 Å². The summed E-state index contributed by atoms with van der Waals surface area (Å²) in [7, 11) is 1.71. The number of anilines is 1. The highest BCUT2D eigenvalue weighted by Gasteiger charge is 2.47. The van der Waals surface area contributed by atoms with Gasteiger partial charge in [0.25, 0.3) is 0 Å². The van der Waals surface area contributed by atoms with Crippen molar-refractivity contribution in [1.82, 2.24) is 9.80 Å². The Morgan fingerprint density at radius 2 is 2.08 bits per heavy atom. The third-order valence-corrected chi connectivity index (χ3v) is 6.18. The molecule has 26 heavy (non-hydrogen) atoms. The van der Waals surface area contributed by atoms with Gasteiger partial charge in [0, 0.05) is 18.5 Å². The van der Waals surface area contributed by atoms with Gasteiger partial charge in [0.2, 0.25) is 11.8 Å². The monoisotopic (exact) mass is 375 g/mol. The normalized spacial score (nSPS) is 25.5. The first-order valence-corrected chi connectivity index (χ1v) is 9.70. The molecular formula is C18H21N3O4S. The molecule has 7 nitrogen and oxygen atoms in total. The summed E-state index contributed by atoms with van der Waals surface area (Å²) in [4.78, 5) is 42.9. The van der Waals surface area contributed by atoms with Crippen LogP contribution in [0.4, 0.5) is 10.5 Å². The summed E-state index contributed by atoms with van der Waals surface area (Å²) < 4.78 is 5.56. The first kappa shape index (κ1) is 17.2. The number of piperidine rings is 1. The van der Waals surface area contributed by atoms with Gasteiger partial charge < -0.3 is 19.4 Å². The van der Waals surface area contributed by atoms with Crippen LogP contribution >= 0.6 is 11.8 Å². The van der Waals surface area contributed by atoms with Gasteiger partial charge in [-0.1, -0.05) is 12.1 Å². The average molecular weight is 375 g/mol. The van der Waals surface area contributed by atoms with Crippen molar-refractivity contribution in [3.63, 3.8) is 0 Å². The molecule has 3 aliphatic rings. The molecule has 1 aromatic rings. The smallest absolute Gasteiger partial charge is 0.410 e. The average Bonchev–Trinajstić information content (AvgIpc) is 2.90. The Balaban J connectivity index is 1.48. The molecule has 0 unspecified atom stereocenters. The van der Waals surface area contributed by atoms with E-state index in [-0.39, 0.29) is 24.5 Å². The van der Waals surface area contributed by atoms with Gasteiger partial charge in [-0.25, -0.2) is 4.79 Å². The predicted octanol–water partition coefficient (Wildman–Crippen LogP) is 1.57. The number of fused-ring (bicyclic) bond motifs is 1. The van der Waals surface area contributed by atoms with Crippen LogP contribution in [0.15, 0.2) is 29.2 Å². The van der Waals surface area contributed by atoms with E-state index in [1.807, 2.05) is 24.3 Å². The largest absolute Gasteiger partial charge is 0.439 e. The third-order valence-electron chi connectivity index (χ3n) is 5.13. The van der Waals surface area contributed by atoms with E-state index in [1.54, 1.807) is 21.7 Å². The number of carbonyl (C=O) groups is 3. The minimum atomic E-state index is -0.612. The Kier molecular flexibility index (Phi) is 4.30. The molecule has 2 fully saturated rings. The number of likely N-dealkylation sites (N-methyl/N-ethyl adjacent to an activating group) is 1. The fourth-order valence-electron chi connectivity index (χ4n) is 3.88. The summed E-state index contributed by atoms with van der Waals surface area (Å²) in [5, 5.41) is 0. The van der Waals surface area contributed by atoms with E-state index in [4.69, 9.17) is 4.74 Å². The first-order valence-electron chi connectivity index (χ1n) is 8.72. The second-order valence-corrected chi connectivity index (χ2v) is 8.08. The lowest BCUT2D eigenvalue weighted by Gasteiger charge is -2.39. The molecule has 3 amide bonds. The van der Waals surface area contributed by atoms with Gasteiger partial charge in [0.1, 0.15) is 12.1 Å². The summed E-state index contributed by atoms with van der Waals surface area (Å²) in [6.07, 6.45) is 1.21. The summed E-state index contributed by atoms with van der Waals surface area (Å²) in [5.41, 5.74) is 0.181. The SMILES string of the molecule is CN1C[C@@]2(CCCN(C(=O)CN3C(=O)CSc4ccccc43)C2)OC1=O. The predicted molar refractivity (Wildman–Crippen MR) is 97.2 cm³/mol. The standard InChI is InChI=1S/C18H21N3O4S/c1-19-11-18(25-17(19)24)7-4-8-20(12-18)15(22)9-21-13-5-2-3-6-14(13)26-10-16(21)23/h2-3,5-6H,4,7-12H2,1H3/t18-/m1/s1. The van der Waals surface area contributed by atoms with Crippen molar-refractivity contribution in [3.05, 3.63) is 24.3 Å². The van der Waals surface area contributed by atoms with Crippen LogP contribution in [0.1, 0.15) is 12.8 Å². The number of hydrogen-bond donors (Lipinski definition) is 0. The van der Waals surface area contributed by atoms with E-state index >= 15 is 0 Å².